The fourth-order valence-electron chi connectivity index (χ4n) is 5.86. The molecule has 0 radical (unpaired) electrons. The Kier molecular flexibility index (Phi) is 3.85. The van der Waals surface area contributed by atoms with Crippen LogP contribution in [0.5, 0.6) is 11.5 Å². The number of fused-ring (bicyclic) bond motifs is 5. The van der Waals surface area contributed by atoms with Crippen LogP contribution in [0.25, 0.3) is 0 Å². The van der Waals surface area contributed by atoms with Crippen molar-refractivity contribution in [3.63, 3.8) is 0 Å². The van der Waals surface area contributed by atoms with E-state index in [0.29, 0.717) is 35.9 Å². The molecule has 4 atom stereocenters. The van der Waals surface area contributed by atoms with Gasteiger partial charge in [-0.3, -0.25) is 4.79 Å². The maximum atomic E-state index is 12.5. The Morgan fingerprint density at radius 2 is 2.08 bits per heavy atom. The number of phenolic OH excluding ortho intramolecular Hbond substituents is 1. The molecule has 4 unspecified atom stereocenters. The highest BCUT2D eigenvalue weighted by atomic mass is 16.5. The zero-order valence-electron chi connectivity index (χ0n) is 14.8. The number of carbonyl (C=O) groups excluding carboxylic acids is 1. The van der Waals surface area contributed by atoms with Gasteiger partial charge in [0.1, 0.15) is 5.78 Å². The smallest absolute Gasteiger partial charge is 0.161 e. The van der Waals surface area contributed by atoms with Gasteiger partial charge >= 0.3 is 0 Å². The van der Waals surface area contributed by atoms with E-state index < -0.39 is 0 Å². The summed E-state index contributed by atoms with van der Waals surface area (Å²) in [6, 6.07) is 4.00. The number of phenols is 1. The molecule has 4 rings (SSSR count). The highest BCUT2D eigenvalue weighted by Crippen LogP contribution is 2.58. The van der Waals surface area contributed by atoms with E-state index in [4.69, 9.17) is 4.74 Å². The summed E-state index contributed by atoms with van der Waals surface area (Å²) in [4.78, 5) is 12.5. The van der Waals surface area contributed by atoms with Crippen LogP contribution in [0.1, 0.15) is 69.4 Å². The second kappa shape index (κ2) is 5.79. The summed E-state index contributed by atoms with van der Waals surface area (Å²) in [5, 5.41) is 10.2. The molecule has 24 heavy (non-hydrogen) atoms. The second-order valence-corrected chi connectivity index (χ2v) is 8.14. The molecule has 0 heterocycles. The summed E-state index contributed by atoms with van der Waals surface area (Å²) in [6.45, 7) is 4.74. The molecule has 3 aliphatic rings. The predicted octanol–water partition coefficient (Wildman–Crippen LogP) is 4.61. The van der Waals surface area contributed by atoms with Gasteiger partial charge in [0, 0.05) is 11.8 Å². The zero-order valence-corrected chi connectivity index (χ0v) is 14.8. The van der Waals surface area contributed by atoms with Crippen LogP contribution in [0.2, 0.25) is 0 Å². The van der Waals surface area contributed by atoms with Crippen molar-refractivity contribution in [3.05, 3.63) is 23.3 Å². The van der Waals surface area contributed by atoms with Crippen molar-refractivity contribution in [2.75, 3.05) is 6.61 Å². The quantitative estimate of drug-likeness (QED) is 0.862. The van der Waals surface area contributed by atoms with E-state index >= 15 is 0 Å². The average molecular weight is 328 g/mol. The number of aromatic hydroxyl groups is 1. The molecule has 0 saturated heterocycles. The van der Waals surface area contributed by atoms with Crippen LogP contribution in [0.3, 0.4) is 0 Å². The Bertz CT molecular complexity index is 665. The molecular weight excluding hydrogens is 300 g/mol. The molecule has 0 aliphatic heterocycles. The molecule has 1 N–H and O–H groups in total. The molecule has 3 nitrogen and oxygen atoms in total. The fraction of sp³-hybridized carbons (Fsp3) is 0.667. The van der Waals surface area contributed by atoms with Crippen LogP contribution in [-0.2, 0) is 11.2 Å². The molecule has 130 valence electrons. The Morgan fingerprint density at radius 3 is 2.88 bits per heavy atom. The fourth-order valence-corrected chi connectivity index (χ4v) is 5.86. The Balaban J connectivity index is 1.74. The molecule has 2 fully saturated rings. The van der Waals surface area contributed by atoms with Crippen LogP contribution >= 0.6 is 0 Å². The van der Waals surface area contributed by atoms with Gasteiger partial charge in [-0.15, -0.1) is 0 Å². The number of ketones is 1. The number of Topliss-reactive ketones (excluding diaryl/α,β-unsaturated/α-hetero) is 1. The van der Waals surface area contributed by atoms with E-state index in [9.17, 15) is 9.90 Å². The molecule has 0 aromatic heterocycles. The number of hydrogen-bond donors (Lipinski definition) is 1. The van der Waals surface area contributed by atoms with Gasteiger partial charge in [-0.1, -0.05) is 13.3 Å². The first-order chi connectivity index (χ1) is 11.5. The monoisotopic (exact) mass is 328 g/mol. The van der Waals surface area contributed by atoms with Gasteiger partial charge in [0.15, 0.2) is 11.5 Å². The molecule has 3 heteroatoms. The molecule has 0 bridgehead atoms. The highest BCUT2D eigenvalue weighted by Gasteiger charge is 2.52. The van der Waals surface area contributed by atoms with Crippen molar-refractivity contribution in [1.29, 1.82) is 0 Å². The van der Waals surface area contributed by atoms with Crippen LogP contribution in [0.15, 0.2) is 12.1 Å². The van der Waals surface area contributed by atoms with E-state index in [1.54, 1.807) is 0 Å². The zero-order chi connectivity index (χ0) is 16.9. The average Bonchev–Trinajstić information content (AvgIpc) is 2.76. The number of ether oxygens (including phenoxy) is 1. The molecule has 0 spiro atoms. The lowest BCUT2D eigenvalue weighted by Gasteiger charge is -2.40. The lowest BCUT2D eigenvalue weighted by atomic mass is 9.64. The largest absolute Gasteiger partial charge is 0.504 e. The van der Waals surface area contributed by atoms with Crippen LogP contribution < -0.4 is 4.74 Å². The van der Waals surface area contributed by atoms with E-state index in [1.165, 1.54) is 11.1 Å². The maximum absolute atomic E-state index is 12.5. The van der Waals surface area contributed by atoms with Crippen LogP contribution in [0.4, 0.5) is 0 Å². The SMILES string of the molecule is CCOc1cc2c(cc1O)CCC1C2CCCC2(C)C(=O)CCC12. The van der Waals surface area contributed by atoms with Crippen molar-refractivity contribution < 1.29 is 14.6 Å². The van der Waals surface area contributed by atoms with Crippen molar-refractivity contribution in [1.82, 2.24) is 0 Å². The standard InChI is InChI=1S/C21H28O3/c1-3-24-19-12-16-13(11-18(19)22)6-7-15-14(16)5-4-10-21(2)17(15)8-9-20(21)23/h11-12,14-15,17,22H,3-10H2,1-2H3. The third-order valence-electron chi connectivity index (χ3n) is 7.05. The predicted molar refractivity (Wildman–Crippen MR) is 93.5 cm³/mol. The second-order valence-electron chi connectivity index (χ2n) is 8.14. The van der Waals surface area contributed by atoms with Gasteiger partial charge in [0.05, 0.1) is 6.61 Å². The van der Waals surface area contributed by atoms with Gasteiger partial charge in [0.25, 0.3) is 0 Å². The van der Waals surface area contributed by atoms with Crippen molar-refractivity contribution in [3.8, 4) is 11.5 Å². The third-order valence-corrected chi connectivity index (χ3v) is 7.05. The Morgan fingerprint density at radius 1 is 1.25 bits per heavy atom. The lowest BCUT2D eigenvalue weighted by molar-refractivity contribution is -0.127. The first kappa shape index (κ1) is 16.0. The summed E-state index contributed by atoms with van der Waals surface area (Å²) >= 11 is 0. The first-order valence-corrected chi connectivity index (χ1v) is 9.56. The lowest BCUT2D eigenvalue weighted by Crippen LogP contribution is -2.35. The number of benzene rings is 1. The minimum absolute atomic E-state index is 0.0867. The minimum Gasteiger partial charge on any atom is -0.504 e. The molecule has 3 aliphatic carbocycles. The number of aryl methyl sites for hydroxylation is 1. The highest BCUT2D eigenvalue weighted by molar-refractivity contribution is 5.87. The van der Waals surface area contributed by atoms with Crippen molar-refractivity contribution in [2.24, 2.45) is 17.3 Å². The van der Waals surface area contributed by atoms with E-state index in [2.05, 4.69) is 13.0 Å². The number of hydrogen-bond acceptors (Lipinski definition) is 3. The number of carbonyl (C=O) groups is 1. The normalized spacial score (nSPS) is 34.9. The Hall–Kier alpha value is -1.51. The van der Waals surface area contributed by atoms with E-state index in [1.807, 2.05) is 13.0 Å². The van der Waals surface area contributed by atoms with Crippen LogP contribution in [0, 0.1) is 17.3 Å². The minimum atomic E-state index is -0.0867. The summed E-state index contributed by atoms with van der Waals surface area (Å²) in [5.74, 6) is 3.05. The van der Waals surface area contributed by atoms with Crippen molar-refractivity contribution >= 4 is 5.78 Å². The third kappa shape index (κ3) is 2.28. The van der Waals surface area contributed by atoms with E-state index in [0.717, 1.165) is 44.9 Å². The van der Waals surface area contributed by atoms with E-state index in [-0.39, 0.29) is 11.2 Å². The number of rotatable bonds is 2. The molecule has 1 aromatic rings. The van der Waals surface area contributed by atoms with Gasteiger partial charge in [0.2, 0.25) is 0 Å². The molecule has 1 aromatic carbocycles. The Labute approximate surface area is 144 Å². The van der Waals surface area contributed by atoms with Crippen LogP contribution in [-0.4, -0.2) is 17.5 Å². The first-order valence-electron chi connectivity index (χ1n) is 9.56. The molecular formula is C21H28O3. The summed E-state index contributed by atoms with van der Waals surface area (Å²) < 4.78 is 5.63. The summed E-state index contributed by atoms with van der Waals surface area (Å²) in [7, 11) is 0. The van der Waals surface area contributed by atoms with Gasteiger partial charge in [-0.05, 0) is 80.0 Å². The van der Waals surface area contributed by atoms with Crippen molar-refractivity contribution in [2.45, 2.75) is 64.7 Å². The van der Waals surface area contributed by atoms with Gasteiger partial charge in [-0.2, -0.15) is 0 Å². The van der Waals surface area contributed by atoms with Gasteiger partial charge < -0.3 is 9.84 Å². The molecule has 0 amide bonds. The topological polar surface area (TPSA) is 46.5 Å². The maximum Gasteiger partial charge on any atom is 0.161 e. The molecule has 2 saturated carbocycles. The van der Waals surface area contributed by atoms with Gasteiger partial charge in [-0.25, -0.2) is 0 Å². The summed E-state index contributed by atoms with van der Waals surface area (Å²) in [5.41, 5.74) is 2.57. The summed E-state index contributed by atoms with van der Waals surface area (Å²) in [6.07, 6.45) is 7.35.